The average Bonchev–Trinajstić information content (AvgIpc) is 2.53. The van der Waals surface area contributed by atoms with Gasteiger partial charge in [0.05, 0.1) is 11.6 Å². The van der Waals surface area contributed by atoms with E-state index >= 15 is 0 Å². The van der Waals surface area contributed by atoms with Crippen molar-refractivity contribution in [1.82, 2.24) is 0 Å². The van der Waals surface area contributed by atoms with Crippen LogP contribution in [0.5, 0.6) is 0 Å². The molecule has 0 aromatic heterocycles. The molecule has 1 N–H and O–H groups in total. The van der Waals surface area contributed by atoms with Crippen LogP contribution in [0.25, 0.3) is 10.8 Å². The SMILES string of the molecule is N#Cc1ccc(F)cc1CNc1ccc2ccccc2c1. The Hall–Kier alpha value is -2.86. The molecule has 0 saturated heterocycles. The van der Waals surface area contributed by atoms with E-state index in [1.165, 1.54) is 23.6 Å². The van der Waals surface area contributed by atoms with Gasteiger partial charge < -0.3 is 5.32 Å². The second-order valence-corrected chi connectivity index (χ2v) is 4.83. The number of fused-ring (bicyclic) bond motifs is 1. The highest BCUT2D eigenvalue weighted by molar-refractivity contribution is 5.85. The predicted octanol–water partition coefficient (Wildman–Crippen LogP) is 4.46. The normalized spacial score (nSPS) is 10.3. The molecule has 0 saturated carbocycles. The van der Waals surface area contributed by atoms with Gasteiger partial charge in [0.1, 0.15) is 5.82 Å². The molecule has 21 heavy (non-hydrogen) atoms. The highest BCUT2D eigenvalue weighted by Crippen LogP contribution is 2.20. The Morgan fingerprint density at radius 1 is 0.952 bits per heavy atom. The van der Waals surface area contributed by atoms with Gasteiger partial charge in [0.2, 0.25) is 0 Å². The number of hydrogen-bond donors (Lipinski definition) is 1. The largest absolute Gasteiger partial charge is 0.381 e. The number of hydrogen-bond acceptors (Lipinski definition) is 2. The molecule has 0 radical (unpaired) electrons. The minimum Gasteiger partial charge on any atom is -0.381 e. The maximum absolute atomic E-state index is 13.3. The van der Waals surface area contributed by atoms with Crippen molar-refractivity contribution in [3.63, 3.8) is 0 Å². The van der Waals surface area contributed by atoms with Crippen LogP contribution in [0.15, 0.2) is 60.7 Å². The van der Waals surface area contributed by atoms with Gasteiger partial charge in [-0.3, -0.25) is 0 Å². The van der Waals surface area contributed by atoms with Gasteiger partial charge in [-0.25, -0.2) is 4.39 Å². The first-order valence-corrected chi connectivity index (χ1v) is 6.67. The molecule has 0 fully saturated rings. The Morgan fingerprint density at radius 2 is 1.76 bits per heavy atom. The summed E-state index contributed by atoms with van der Waals surface area (Å²) >= 11 is 0. The molecule has 2 nitrogen and oxygen atoms in total. The molecule has 3 aromatic rings. The monoisotopic (exact) mass is 276 g/mol. The molecule has 102 valence electrons. The van der Waals surface area contributed by atoms with Crippen LogP contribution in [0.4, 0.5) is 10.1 Å². The van der Waals surface area contributed by atoms with Gasteiger partial charge in [-0.2, -0.15) is 5.26 Å². The highest BCUT2D eigenvalue weighted by atomic mass is 19.1. The Balaban J connectivity index is 1.83. The molecule has 0 aliphatic heterocycles. The van der Waals surface area contributed by atoms with Crippen molar-refractivity contribution in [3.05, 3.63) is 77.6 Å². The van der Waals surface area contributed by atoms with E-state index in [0.29, 0.717) is 17.7 Å². The molecule has 3 aromatic carbocycles. The van der Waals surface area contributed by atoms with Crippen LogP contribution in [-0.2, 0) is 6.54 Å². The van der Waals surface area contributed by atoms with E-state index in [-0.39, 0.29) is 5.82 Å². The summed E-state index contributed by atoms with van der Waals surface area (Å²) in [6.07, 6.45) is 0. The third-order valence-electron chi connectivity index (χ3n) is 3.42. The van der Waals surface area contributed by atoms with E-state index in [1.807, 2.05) is 36.4 Å². The van der Waals surface area contributed by atoms with Crippen LogP contribution in [0.1, 0.15) is 11.1 Å². The fourth-order valence-corrected chi connectivity index (χ4v) is 2.31. The summed E-state index contributed by atoms with van der Waals surface area (Å²) in [5, 5.41) is 14.6. The van der Waals surface area contributed by atoms with Crippen molar-refractivity contribution in [1.29, 1.82) is 5.26 Å². The Bertz CT molecular complexity index is 834. The lowest BCUT2D eigenvalue weighted by Crippen LogP contribution is -2.02. The van der Waals surface area contributed by atoms with Crippen molar-refractivity contribution in [3.8, 4) is 6.07 Å². The first-order chi connectivity index (χ1) is 10.3. The topological polar surface area (TPSA) is 35.8 Å². The first-order valence-electron chi connectivity index (χ1n) is 6.67. The number of benzene rings is 3. The summed E-state index contributed by atoms with van der Waals surface area (Å²) in [4.78, 5) is 0. The standard InChI is InChI=1S/C18H13FN2/c19-17-7-5-15(11-20)16(9-17)12-21-18-8-6-13-3-1-2-4-14(13)10-18/h1-10,21H,12H2. The molecular formula is C18H13FN2. The maximum Gasteiger partial charge on any atom is 0.123 e. The van der Waals surface area contributed by atoms with Crippen molar-refractivity contribution >= 4 is 16.5 Å². The summed E-state index contributed by atoms with van der Waals surface area (Å²) in [5.74, 6) is -0.329. The van der Waals surface area contributed by atoms with E-state index in [9.17, 15) is 4.39 Å². The van der Waals surface area contributed by atoms with Gasteiger partial charge in [0, 0.05) is 12.2 Å². The van der Waals surface area contributed by atoms with Gasteiger partial charge >= 0.3 is 0 Å². The van der Waals surface area contributed by atoms with E-state index in [4.69, 9.17) is 5.26 Å². The molecule has 3 heteroatoms. The molecule has 3 rings (SSSR count). The summed E-state index contributed by atoms with van der Waals surface area (Å²) in [6, 6.07) is 20.4. The molecule has 0 amide bonds. The number of nitrogens with one attached hydrogen (secondary N) is 1. The van der Waals surface area contributed by atoms with Crippen molar-refractivity contribution in [2.24, 2.45) is 0 Å². The van der Waals surface area contributed by atoms with Crippen LogP contribution in [0.2, 0.25) is 0 Å². The van der Waals surface area contributed by atoms with Gasteiger partial charge in [-0.15, -0.1) is 0 Å². The number of anilines is 1. The zero-order chi connectivity index (χ0) is 14.7. The minimum absolute atomic E-state index is 0.329. The van der Waals surface area contributed by atoms with Crippen LogP contribution < -0.4 is 5.32 Å². The predicted molar refractivity (Wildman–Crippen MR) is 82.4 cm³/mol. The Morgan fingerprint density at radius 3 is 2.57 bits per heavy atom. The smallest absolute Gasteiger partial charge is 0.123 e. The number of nitrogens with zero attached hydrogens (tertiary/aromatic N) is 1. The van der Waals surface area contributed by atoms with Crippen LogP contribution >= 0.6 is 0 Å². The van der Waals surface area contributed by atoms with Crippen molar-refractivity contribution in [2.45, 2.75) is 6.54 Å². The molecule has 0 unspecified atom stereocenters. The number of nitriles is 1. The second-order valence-electron chi connectivity index (χ2n) is 4.83. The van der Waals surface area contributed by atoms with Gasteiger partial charge in [0.25, 0.3) is 0 Å². The fourth-order valence-electron chi connectivity index (χ4n) is 2.31. The third-order valence-corrected chi connectivity index (χ3v) is 3.42. The van der Waals surface area contributed by atoms with E-state index < -0.39 is 0 Å². The molecule has 0 atom stereocenters. The minimum atomic E-state index is -0.329. The fraction of sp³-hybridized carbons (Fsp3) is 0.0556. The number of rotatable bonds is 3. The lowest BCUT2D eigenvalue weighted by molar-refractivity contribution is 0.625. The summed E-state index contributed by atoms with van der Waals surface area (Å²) < 4.78 is 13.3. The summed E-state index contributed by atoms with van der Waals surface area (Å²) in [7, 11) is 0. The van der Waals surface area contributed by atoms with Crippen LogP contribution in [0.3, 0.4) is 0 Å². The van der Waals surface area contributed by atoms with Gasteiger partial charge in [0.15, 0.2) is 0 Å². The molecule has 0 bridgehead atoms. The summed E-state index contributed by atoms with van der Waals surface area (Å²) in [6.45, 7) is 0.416. The zero-order valence-corrected chi connectivity index (χ0v) is 11.3. The van der Waals surface area contributed by atoms with E-state index in [2.05, 4.69) is 17.5 Å². The van der Waals surface area contributed by atoms with Crippen molar-refractivity contribution < 1.29 is 4.39 Å². The highest BCUT2D eigenvalue weighted by Gasteiger charge is 2.04. The van der Waals surface area contributed by atoms with E-state index in [1.54, 1.807) is 0 Å². The molecule has 0 spiro atoms. The maximum atomic E-state index is 13.3. The van der Waals surface area contributed by atoms with Gasteiger partial charge in [-0.1, -0.05) is 30.3 Å². The van der Waals surface area contributed by atoms with E-state index in [0.717, 1.165) is 11.1 Å². The lowest BCUT2D eigenvalue weighted by Gasteiger charge is -2.09. The molecule has 0 heterocycles. The third kappa shape index (κ3) is 2.85. The zero-order valence-electron chi connectivity index (χ0n) is 11.3. The molecular weight excluding hydrogens is 263 g/mol. The lowest BCUT2D eigenvalue weighted by atomic mass is 10.1. The average molecular weight is 276 g/mol. The quantitative estimate of drug-likeness (QED) is 0.766. The Labute approximate surface area is 122 Å². The van der Waals surface area contributed by atoms with Crippen LogP contribution in [-0.4, -0.2) is 0 Å². The van der Waals surface area contributed by atoms with Gasteiger partial charge in [-0.05, 0) is 46.7 Å². The van der Waals surface area contributed by atoms with Crippen molar-refractivity contribution in [2.75, 3.05) is 5.32 Å². The Kier molecular flexibility index (Phi) is 3.53. The van der Waals surface area contributed by atoms with Crippen LogP contribution in [0, 0.1) is 17.1 Å². The number of halogens is 1. The second kappa shape index (κ2) is 5.64. The molecule has 0 aliphatic carbocycles. The molecule has 0 aliphatic rings. The first kappa shape index (κ1) is 13.1. The summed E-state index contributed by atoms with van der Waals surface area (Å²) in [5.41, 5.74) is 2.09.